The molecule has 4 heteroatoms. The fraction of sp³-hybridized carbons (Fsp3) is 0.294. The molecule has 0 spiro atoms. The van der Waals surface area contributed by atoms with Crippen LogP contribution in [0.15, 0.2) is 46.9 Å². The van der Waals surface area contributed by atoms with Gasteiger partial charge in [-0.1, -0.05) is 28.9 Å². The first-order valence-electron chi connectivity index (χ1n) is 7.02. The molecule has 0 saturated carbocycles. The molecule has 1 atom stereocenters. The maximum atomic E-state index is 13.3. The summed E-state index contributed by atoms with van der Waals surface area (Å²) >= 11 is 3.30. The van der Waals surface area contributed by atoms with Gasteiger partial charge < -0.3 is 10.1 Å². The van der Waals surface area contributed by atoms with Crippen LogP contribution in [-0.4, -0.2) is 6.10 Å². The lowest BCUT2D eigenvalue weighted by molar-refractivity contribution is 0.217. The zero-order chi connectivity index (χ0) is 15.2. The van der Waals surface area contributed by atoms with Crippen molar-refractivity contribution >= 4 is 21.6 Å². The molecule has 2 nitrogen and oxygen atoms in total. The van der Waals surface area contributed by atoms with E-state index in [9.17, 15) is 4.39 Å². The number of hydrogen-bond donors (Lipinski definition) is 1. The lowest BCUT2D eigenvalue weighted by atomic mass is 10.2. The SMILES string of the molecule is CCC(C)Oc1cccc(NCc2cc(F)cc(Br)c2)c1. The van der Waals surface area contributed by atoms with Crippen LogP contribution in [0, 0.1) is 5.82 Å². The second kappa shape index (κ2) is 7.46. The Bertz CT molecular complexity index is 583. The third-order valence-electron chi connectivity index (χ3n) is 3.17. The molecule has 21 heavy (non-hydrogen) atoms. The summed E-state index contributed by atoms with van der Waals surface area (Å²) in [5.41, 5.74) is 1.84. The standard InChI is InChI=1S/C17H19BrFNO/c1-3-12(2)21-17-6-4-5-16(10-17)20-11-13-7-14(18)9-15(19)8-13/h4-10,12,20H,3,11H2,1-2H3. The molecule has 2 aromatic rings. The van der Waals surface area contributed by atoms with Gasteiger partial charge in [-0.2, -0.15) is 0 Å². The summed E-state index contributed by atoms with van der Waals surface area (Å²) in [4.78, 5) is 0. The van der Waals surface area contributed by atoms with E-state index in [0.717, 1.165) is 27.9 Å². The van der Waals surface area contributed by atoms with E-state index in [1.807, 2.05) is 37.3 Å². The molecule has 1 unspecified atom stereocenters. The number of nitrogens with one attached hydrogen (secondary N) is 1. The van der Waals surface area contributed by atoms with Gasteiger partial charge in [-0.05, 0) is 49.2 Å². The zero-order valence-corrected chi connectivity index (χ0v) is 13.8. The average molecular weight is 352 g/mol. The summed E-state index contributed by atoms with van der Waals surface area (Å²) < 4.78 is 19.9. The maximum Gasteiger partial charge on any atom is 0.124 e. The van der Waals surface area contributed by atoms with Crippen molar-refractivity contribution in [2.24, 2.45) is 0 Å². The minimum Gasteiger partial charge on any atom is -0.491 e. The molecule has 0 radical (unpaired) electrons. The number of ether oxygens (including phenoxy) is 1. The highest BCUT2D eigenvalue weighted by Crippen LogP contribution is 2.21. The van der Waals surface area contributed by atoms with Crippen LogP contribution in [0.2, 0.25) is 0 Å². The fourth-order valence-corrected chi connectivity index (χ4v) is 2.42. The van der Waals surface area contributed by atoms with Crippen molar-refractivity contribution in [2.45, 2.75) is 32.9 Å². The zero-order valence-electron chi connectivity index (χ0n) is 12.2. The van der Waals surface area contributed by atoms with Gasteiger partial charge in [-0.3, -0.25) is 0 Å². The largest absolute Gasteiger partial charge is 0.491 e. The highest BCUT2D eigenvalue weighted by molar-refractivity contribution is 9.10. The molecule has 2 aromatic carbocycles. The molecular weight excluding hydrogens is 333 g/mol. The van der Waals surface area contributed by atoms with Gasteiger partial charge in [0.2, 0.25) is 0 Å². The van der Waals surface area contributed by atoms with Gasteiger partial charge in [0, 0.05) is 22.8 Å². The van der Waals surface area contributed by atoms with Crippen molar-refractivity contribution in [3.63, 3.8) is 0 Å². The molecule has 0 bridgehead atoms. The topological polar surface area (TPSA) is 21.3 Å². The van der Waals surface area contributed by atoms with Crippen LogP contribution < -0.4 is 10.1 Å². The van der Waals surface area contributed by atoms with Crippen molar-refractivity contribution in [3.8, 4) is 5.75 Å². The molecule has 0 aliphatic carbocycles. The molecular formula is C17H19BrFNO. The third-order valence-corrected chi connectivity index (χ3v) is 3.62. The van der Waals surface area contributed by atoms with Crippen LogP contribution in [0.3, 0.4) is 0 Å². The lowest BCUT2D eigenvalue weighted by Crippen LogP contribution is -2.09. The van der Waals surface area contributed by atoms with Crippen molar-refractivity contribution in [2.75, 3.05) is 5.32 Å². The van der Waals surface area contributed by atoms with Gasteiger partial charge in [0.1, 0.15) is 11.6 Å². The maximum absolute atomic E-state index is 13.3. The Morgan fingerprint density at radius 2 is 2.05 bits per heavy atom. The van der Waals surface area contributed by atoms with Crippen LogP contribution in [0.1, 0.15) is 25.8 Å². The predicted octanol–water partition coefficient (Wildman–Crippen LogP) is 5.38. The number of hydrogen-bond acceptors (Lipinski definition) is 2. The summed E-state index contributed by atoms with van der Waals surface area (Å²) in [5, 5.41) is 3.28. The van der Waals surface area contributed by atoms with E-state index in [-0.39, 0.29) is 11.9 Å². The van der Waals surface area contributed by atoms with E-state index in [2.05, 4.69) is 28.2 Å². The van der Waals surface area contributed by atoms with Gasteiger partial charge in [-0.15, -0.1) is 0 Å². The highest BCUT2D eigenvalue weighted by Gasteiger charge is 2.03. The Hall–Kier alpha value is -1.55. The predicted molar refractivity (Wildman–Crippen MR) is 88.2 cm³/mol. The molecule has 112 valence electrons. The van der Waals surface area contributed by atoms with Crippen LogP contribution in [0.4, 0.5) is 10.1 Å². The molecule has 0 saturated heterocycles. The summed E-state index contributed by atoms with van der Waals surface area (Å²) in [6.07, 6.45) is 1.16. The van der Waals surface area contributed by atoms with E-state index >= 15 is 0 Å². The van der Waals surface area contributed by atoms with Crippen LogP contribution in [0.5, 0.6) is 5.75 Å². The Morgan fingerprint density at radius 3 is 2.76 bits per heavy atom. The molecule has 0 aliphatic heterocycles. The van der Waals surface area contributed by atoms with Gasteiger partial charge >= 0.3 is 0 Å². The minimum absolute atomic E-state index is 0.194. The summed E-state index contributed by atoms with van der Waals surface area (Å²) in [6, 6.07) is 12.7. The second-order valence-electron chi connectivity index (χ2n) is 5.00. The first kappa shape index (κ1) is 15.8. The van der Waals surface area contributed by atoms with Crippen LogP contribution in [0.25, 0.3) is 0 Å². The minimum atomic E-state index is -0.241. The van der Waals surface area contributed by atoms with Gasteiger partial charge in [0.15, 0.2) is 0 Å². The van der Waals surface area contributed by atoms with Gasteiger partial charge in [0.25, 0.3) is 0 Å². The highest BCUT2D eigenvalue weighted by atomic mass is 79.9. The van der Waals surface area contributed by atoms with E-state index in [1.54, 1.807) is 0 Å². The number of benzene rings is 2. The quantitative estimate of drug-likeness (QED) is 0.754. The van der Waals surface area contributed by atoms with E-state index in [0.29, 0.717) is 6.54 Å². The van der Waals surface area contributed by atoms with E-state index in [1.165, 1.54) is 12.1 Å². The first-order valence-corrected chi connectivity index (χ1v) is 7.81. The average Bonchev–Trinajstić information content (AvgIpc) is 2.44. The second-order valence-corrected chi connectivity index (χ2v) is 5.91. The molecule has 0 amide bonds. The summed E-state index contributed by atoms with van der Waals surface area (Å²) in [5.74, 6) is 0.602. The smallest absolute Gasteiger partial charge is 0.124 e. The van der Waals surface area contributed by atoms with Crippen molar-refractivity contribution in [1.29, 1.82) is 0 Å². The van der Waals surface area contributed by atoms with Crippen LogP contribution >= 0.6 is 15.9 Å². The van der Waals surface area contributed by atoms with E-state index in [4.69, 9.17) is 4.74 Å². The Kier molecular flexibility index (Phi) is 5.62. The number of rotatable bonds is 6. The fourth-order valence-electron chi connectivity index (χ4n) is 1.91. The molecule has 1 N–H and O–H groups in total. The lowest BCUT2D eigenvalue weighted by Gasteiger charge is -2.14. The van der Waals surface area contributed by atoms with Gasteiger partial charge in [0.05, 0.1) is 6.10 Å². The number of halogens is 2. The Labute approximate surface area is 133 Å². The molecule has 0 aromatic heterocycles. The normalized spacial score (nSPS) is 12.0. The Morgan fingerprint density at radius 1 is 1.24 bits per heavy atom. The van der Waals surface area contributed by atoms with Crippen molar-refractivity contribution in [3.05, 3.63) is 58.3 Å². The van der Waals surface area contributed by atoms with Gasteiger partial charge in [-0.25, -0.2) is 4.39 Å². The first-order chi connectivity index (χ1) is 10.1. The molecule has 0 fully saturated rings. The monoisotopic (exact) mass is 351 g/mol. The van der Waals surface area contributed by atoms with E-state index < -0.39 is 0 Å². The van der Waals surface area contributed by atoms with Crippen LogP contribution in [-0.2, 0) is 6.54 Å². The molecule has 2 rings (SSSR count). The number of anilines is 1. The molecule has 0 heterocycles. The summed E-state index contributed by atoms with van der Waals surface area (Å²) in [7, 11) is 0. The Balaban J connectivity index is 2.01. The van der Waals surface area contributed by atoms with Crippen molar-refractivity contribution in [1.82, 2.24) is 0 Å². The van der Waals surface area contributed by atoms with Crippen molar-refractivity contribution < 1.29 is 9.13 Å². The molecule has 0 aliphatic rings. The summed E-state index contributed by atoms with van der Waals surface area (Å²) in [6.45, 7) is 4.70. The third kappa shape index (κ3) is 5.05.